The Morgan fingerprint density at radius 3 is 1.40 bits per heavy atom. The number of allylic oxidation sites excluding steroid dienone is 14. The molecule has 1 N–H and O–H groups in total. The lowest BCUT2D eigenvalue weighted by Gasteiger charge is -2.31. The van der Waals surface area contributed by atoms with Crippen molar-refractivity contribution in [3.05, 3.63) is 85.1 Å². The third-order valence-corrected chi connectivity index (χ3v) is 11.3. The number of nitrogens with zero attached hydrogens (tertiary/aromatic N) is 1. The fourth-order valence-electron chi connectivity index (χ4n) is 7.32. The minimum Gasteiger partial charge on any atom is -0.477 e. The Morgan fingerprint density at radius 1 is 0.492 bits per heavy atom. The highest BCUT2D eigenvalue weighted by Gasteiger charge is 2.31. The number of quaternary nitrogens is 1. The second-order valence-corrected chi connectivity index (χ2v) is 18.5. The molecule has 0 heterocycles. The van der Waals surface area contributed by atoms with E-state index in [1.54, 1.807) is 0 Å². The monoisotopic (exact) mass is 909 g/mol. The van der Waals surface area contributed by atoms with E-state index in [-0.39, 0.29) is 36.2 Å². The maximum atomic E-state index is 12.8. The zero-order chi connectivity index (χ0) is 47.7. The van der Waals surface area contributed by atoms with Crippen LogP contribution in [0.5, 0.6) is 0 Å². The minimum atomic E-state index is -0.881. The molecular formula is C57H98NO7+. The molecule has 0 saturated heterocycles. The van der Waals surface area contributed by atoms with E-state index in [0.29, 0.717) is 19.3 Å². The van der Waals surface area contributed by atoms with Crippen molar-refractivity contribution in [2.24, 2.45) is 0 Å². The molecule has 0 aromatic carbocycles. The molecule has 0 aromatic rings. The fourth-order valence-corrected chi connectivity index (χ4v) is 7.32. The highest BCUT2D eigenvalue weighted by Crippen LogP contribution is 2.15. The summed E-state index contributed by atoms with van der Waals surface area (Å²) in [5, 5.41) is 9.66. The summed E-state index contributed by atoms with van der Waals surface area (Å²) in [6.45, 7) is 4.59. The van der Waals surface area contributed by atoms with Crippen molar-refractivity contribution in [2.75, 3.05) is 41.0 Å². The first kappa shape index (κ1) is 61.5. The fraction of sp³-hybridized carbons (Fsp3) is 0.702. The van der Waals surface area contributed by atoms with Crippen LogP contribution in [0.4, 0.5) is 0 Å². The predicted molar refractivity (Wildman–Crippen MR) is 275 cm³/mol. The summed E-state index contributed by atoms with van der Waals surface area (Å²) >= 11 is 0. The summed E-state index contributed by atoms with van der Waals surface area (Å²) in [6.07, 6.45) is 62.0. The first-order valence-corrected chi connectivity index (χ1v) is 26.2. The molecule has 0 saturated carbocycles. The molecule has 0 amide bonds. The SMILES string of the molecule is CC/C=C/C/C=C/C/C=C/C/C=C/CCCCCCCCCCCCC(=O)OC(COCCC(C(=O)O)[N+](C)(C)C)COC(=O)CCCCCCC/C=C/C=C/C=C/CCCCCCC. The van der Waals surface area contributed by atoms with E-state index in [1.807, 2.05) is 21.1 Å². The average Bonchev–Trinajstić information content (AvgIpc) is 3.27. The summed E-state index contributed by atoms with van der Waals surface area (Å²) < 4.78 is 17.3. The number of carboxylic acid groups (broad SMARTS) is 1. The van der Waals surface area contributed by atoms with Crippen molar-refractivity contribution in [1.29, 1.82) is 0 Å². The van der Waals surface area contributed by atoms with E-state index in [2.05, 4.69) is 98.9 Å². The van der Waals surface area contributed by atoms with Crippen molar-refractivity contribution in [3.8, 4) is 0 Å². The van der Waals surface area contributed by atoms with Crippen molar-refractivity contribution < 1.29 is 38.2 Å². The second-order valence-electron chi connectivity index (χ2n) is 18.5. The number of unbranched alkanes of at least 4 members (excludes halogenated alkanes) is 20. The molecule has 0 aromatic heterocycles. The molecule has 0 aliphatic heterocycles. The number of carboxylic acids is 1. The van der Waals surface area contributed by atoms with Gasteiger partial charge in [0, 0.05) is 19.3 Å². The minimum absolute atomic E-state index is 0.0487. The van der Waals surface area contributed by atoms with E-state index in [1.165, 1.54) is 83.5 Å². The third kappa shape index (κ3) is 45.5. The van der Waals surface area contributed by atoms with Gasteiger partial charge >= 0.3 is 17.9 Å². The maximum absolute atomic E-state index is 12.8. The first-order valence-electron chi connectivity index (χ1n) is 26.2. The van der Waals surface area contributed by atoms with E-state index in [9.17, 15) is 19.5 Å². The predicted octanol–water partition coefficient (Wildman–Crippen LogP) is 15.3. The molecule has 0 aliphatic carbocycles. The molecule has 0 spiro atoms. The molecule has 2 unspecified atom stereocenters. The van der Waals surface area contributed by atoms with Gasteiger partial charge in [0.15, 0.2) is 12.1 Å². The number of ether oxygens (including phenoxy) is 3. The second kappa shape index (κ2) is 47.0. The van der Waals surface area contributed by atoms with Crippen molar-refractivity contribution in [1.82, 2.24) is 0 Å². The number of carbonyl (C=O) groups is 3. The lowest BCUT2D eigenvalue weighted by atomic mass is 10.0. The topological polar surface area (TPSA) is 99.1 Å². The van der Waals surface area contributed by atoms with Gasteiger partial charge in [0.2, 0.25) is 0 Å². The van der Waals surface area contributed by atoms with Gasteiger partial charge < -0.3 is 23.8 Å². The summed E-state index contributed by atoms with van der Waals surface area (Å²) in [7, 11) is 5.52. The van der Waals surface area contributed by atoms with Crippen molar-refractivity contribution >= 4 is 17.9 Å². The Balaban J connectivity index is 4.29. The highest BCUT2D eigenvalue weighted by atomic mass is 16.6. The lowest BCUT2D eigenvalue weighted by molar-refractivity contribution is -0.887. The number of hydrogen-bond donors (Lipinski definition) is 1. The number of hydrogen-bond acceptors (Lipinski definition) is 6. The van der Waals surface area contributed by atoms with Gasteiger partial charge in [-0.1, -0.05) is 195 Å². The van der Waals surface area contributed by atoms with Crippen molar-refractivity contribution in [2.45, 2.75) is 219 Å². The highest BCUT2D eigenvalue weighted by molar-refractivity contribution is 5.72. The number of carbonyl (C=O) groups excluding carboxylic acids is 2. The van der Waals surface area contributed by atoms with E-state index in [0.717, 1.165) is 89.9 Å². The quantitative estimate of drug-likeness (QED) is 0.0213. The number of rotatable bonds is 46. The lowest BCUT2D eigenvalue weighted by Crippen LogP contribution is -2.50. The van der Waals surface area contributed by atoms with Crippen LogP contribution in [0.3, 0.4) is 0 Å². The van der Waals surface area contributed by atoms with Gasteiger partial charge in [-0.05, 0) is 77.0 Å². The Bertz CT molecular complexity index is 1330. The summed E-state index contributed by atoms with van der Waals surface area (Å²) in [5.74, 6) is -1.50. The van der Waals surface area contributed by atoms with E-state index < -0.39 is 18.1 Å². The zero-order valence-corrected chi connectivity index (χ0v) is 42.4. The van der Waals surface area contributed by atoms with Gasteiger partial charge in [-0.3, -0.25) is 9.59 Å². The van der Waals surface area contributed by atoms with E-state index in [4.69, 9.17) is 14.2 Å². The first-order chi connectivity index (χ1) is 31.6. The van der Waals surface area contributed by atoms with Gasteiger partial charge in [-0.25, -0.2) is 4.79 Å². The van der Waals surface area contributed by atoms with Crippen LogP contribution >= 0.6 is 0 Å². The number of aliphatic carboxylic acids is 1. The molecule has 0 rings (SSSR count). The van der Waals surface area contributed by atoms with Gasteiger partial charge in [0.25, 0.3) is 0 Å². The summed E-state index contributed by atoms with van der Waals surface area (Å²) in [5.41, 5.74) is 0. The van der Waals surface area contributed by atoms with Crippen LogP contribution in [0.2, 0.25) is 0 Å². The Hall–Kier alpha value is -3.49. The zero-order valence-electron chi connectivity index (χ0n) is 42.4. The van der Waals surface area contributed by atoms with Crippen LogP contribution in [0.25, 0.3) is 0 Å². The standard InChI is InChI=1S/C57H97NO7/c1-6-8-10-12-14-16-18-20-22-24-26-27-28-29-30-32-34-36-38-40-42-44-46-48-56(60)65-53(51-63-50-49-54(57(61)62)58(3,4)5)52-64-55(59)47-45-43-41-39-37-35-33-31-25-23-21-19-17-15-13-11-9-7-2/h8,10,14,16,19-23,25-27,31,33,53-54H,6-7,9,11-13,15,17-18,24,28-30,32,34-52H2,1-5H3/p+1/b10-8+,16-14+,21-19+,22-20+,25-23+,27-26+,33-31+. The molecule has 0 bridgehead atoms. The van der Waals surface area contributed by atoms with Crippen LogP contribution in [-0.2, 0) is 28.6 Å². The Labute approximate surface area is 399 Å². The van der Waals surface area contributed by atoms with Crippen LogP contribution in [0, 0.1) is 0 Å². The summed E-state index contributed by atoms with van der Waals surface area (Å²) in [6, 6.07) is -0.624. The normalized spacial score (nSPS) is 13.6. The van der Waals surface area contributed by atoms with Gasteiger partial charge in [-0.2, -0.15) is 0 Å². The molecule has 0 radical (unpaired) electrons. The van der Waals surface area contributed by atoms with Crippen LogP contribution in [-0.4, -0.2) is 80.6 Å². The molecular weight excluding hydrogens is 811 g/mol. The third-order valence-electron chi connectivity index (χ3n) is 11.3. The van der Waals surface area contributed by atoms with Crippen LogP contribution in [0.15, 0.2) is 85.1 Å². The molecule has 8 heteroatoms. The molecule has 0 fully saturated rings. The number of esters is 2. The van der Waals surface area contributed by atoms with Gasteiger partial charge in [-0.15, -0.1) is 0 Å². The smallest absolute Gasteiger partial charge is 0.362 e. The number of likely N-dealkylation sites (N-methyl/N-ethyl adjacent to an activating group) is 1. The van der Waals surface area contributed by atoms with E-state index >= 15 is 0 Å². The largest absolute Gasteiger partial charge is 0.477 e. The van der Waals surface area contributed by atoms with Crippen LogP contribution in [0.1, 0.15) is 206 Å². The van der Waals surface area contributed by atoms with Crippen molar-refractivity contribution in [3.63, 3.8) is 0 Å². The average molecular weight is 909 g/mol. The van der Waals surface area contributed by atoms with Gasteiger partial charge in [0.1, 0.15) is 6.61 Å². The van der Waals surface area contributed by atoms with Crippen LogP contribution < -0.4 is 0 Å². The molecule has 372 valence electrons. The van der Waals surface area contributed by atoms with Gasteiger partial charge in [0.05, 0.1) is 34.4 Å². The molecule has 0 aliphatic rings. The Morgan fingerprint density at radius 2 is 0.923 bits per heavy atom. The summed E-state index contributed by atoms with van der Waals surface area (Å²) in [4.78, 5) is 37.2. The maximum Gasteiger partial charge on any atom is 0.362 e. The molecule has 65 heavy (non-hydrogen) atoms. The Kier molecular flexibility index (Phi) is 44.5. The molecule has 8 nitrogen and oxygen atoms in total. The molecule has 2 atom stereocenters.